The normalized spacial score (nSPS) is 16.3. The third-order valence-electron chi connectivity index (χ3n) is 12.3. The molecule has 0 N–H and O–H groups in total. The van der Waals surface area contributed by atoms with Gasteiger partial charge in [-0.1, -0.05) is 235 Å². The zero-order chi connectivity index (χ0) is 43.5. The topological polar surface area (TPSA) is 0 Å². The lowest BCUT2D eigenvalue weighted by molar-refractivity contribution is 0.988. The monoisotopic (exact) mass is 1010 g/mol. The van der Waals surface area contributed by atoms with Crippen LogP contribution in [0.25, 0.3) is 0 Å². The van der Waals surface area contributed by atoms with Gasteiger partial charge in [-0.2, -0.15) is 0 Å². The van der Waals surface area contributed by atoms with E-state index in [0.29, 0.717) is 0 Å². The predicted molar refractivity (Wildman–Crippen MR) is 295 cm³/mol. The Morgan fingerprint density at radius 1 is 0.340 bits per heavy atom. The van der Waals surface area contributed by atoms with Gasteiger partial charge in [0.25, 0.3) is 0 Å². The highest BCUT2D eigenvalue weighted by molar-refractivity contribution is 9.26. The summed E-state index contributed by atoms with van der Waals surface area (Å²) in [7, 11) is -19.9. The van der Waals surface area contributed by atoms with Crippen LogP contribution >= 0.6 is 15.3 Å². The minimum Gasteiger partial charge on any atom is -0.135 e. The van der Waals surface area contributed by atoms with Crippen molar-refractivity contribution in [3.8, 4) is 11.1 Å². The number of hydrogen-bond donors (Lipinski definition) is 0. The molecule has 0 amide bonds. The average Bonchev–Trinajstić information content (AvgIpc) is 2.74. The molecule has 0 radical (unpaired) electrons. The van der Waals surface area contributed by atoms with Gasteiger partial charge in [0, 0.05) is 64.6 Å². The van der Waals surface area contributed by atoms with E-state index in [-0.39, 0.29) is 0 Å². The van der Waals surface area contributed by atoms with E-state index in [0.717, 1.165) is 30.2 Å². The molecule has 0 aromatic heterocycles. The number of hydrogen-bond acceptors (Lipinski definition) is 0. The minimum atomic E-state index is -2.16. The van der Waals surface area contributed by atoms with Crippen molar-refractivity contribution in [1.82, 2.24) is 0 Å². The van der Waals surface area contributed by atoms with E-state index in [1.165, 1.54) is 0 Å². The van der Waals surface area contributed by atoms with Gasteiger partial charge in [0.05, 0.1) is 28.6 Å². The van der Waals surface area contributed by atoms with Crippen LogP contribution in [0.5, 0.6) is 0 Å². The highest BCUT2D eigenvalue weighted by Gasteiger charge is 2.69. The molecule has 0 aliphatic carbocycles. The largest absolute Gasteiger partial charge is 0.135 e. The van der Waals surface area contributed by atoms with Crippen molar-refractivity contribution in [1.29, 1.82) is 0 Å². The molecule has 0 aromatic carbocycles. The van der Waals surface area contributed by atoms with Gasteiger partial charge in [-0.15, -0.1) is 26.4 Å². The van der Waals surface area contributed by atoms with Crippen molar-refractivity contribution < 1.29 is 0 Å². The molecule has 14 heteroatoms. The molecular formula is C39H99BrSi13. The lowest BCUT2D eigenvalue weighted by Crippen LogP contribution is -2.79. The fourth-order valence-electron chi connectivity index (χ4n) is 14.5. The first kappa shape index (κ1) is 55.9. The SMILES string of the molecule is CC(C)[Si](C([Si](C)(C)C)[Si](C)(C)C)(C([Si](C)(C)C)[Si](C)(C)C)/[Si](Br)=[Si](\C#C[Si](C)(C)C)[Si](C(C)C)(C([Si](C)(C)C)[Si](C)(C)C)C([Si](C)(C)C)[Si](C)(C)C. The molecular weight excluding hydrogens is 913 g/mol. The summed E-state index contributed by atoms with van der Waals surface area (Å²) in [5, 5.41) is 0. The quantitative estimate of drug-likeness (QED) is 0.0821. The summed E-state index contributed by atoms with van der Waals surface area (Å²) >= 11 is 5.42. The van der Waals surface area contributed by atoms with Gasteiger partial charge in [0.2, 0.25) is 0 Å². The second-order valence-corrected chi connectivity index (χ2v) is 113. The Kier molecular flexibility index (Phi) is 18.6. The van der Waals surface area contributed by atoms with Crippen LogP contribution < -0.4 is 0 Å². The highest BCUT2D eigenvalue weighted by Crippen LogP contribution is 2.60. The summed E-state index contributed by atoms with van der Waals surface area (Å²) in [6.45, 7) is 87.8. The zero-order valence-electron chi connectivity index (χ0n) is 42.3. The van der Waals surface area contributed by atoms with Gasteiger partial charge in [0.1, 0.15) is 8.07 Å². The third-order valence-corrected chi connectivity index (χ3v) is 139. The molecule has 0 aliphatic heterocycles. The standard InChI is InChI=1S/C39H99BrSi13/c1-34(2)52(36(44(8,9)10)45(11,12)13,37(46(14,15)16)47(17,18)19)41(32-33-43(5,6)7)42(40)53(35(3)4,38(48(20,21)22)49(23,24)25)39(50(26,27)28)51(29,30)31/h34-39H,1-31H3/b42-41+. The van der Waals surface area contributed by atoms with Gasteiger partial charge < -0.3 is 0 Å². The molecule has 0 atom stereocenters. The Hall–Kier alpha value is 2.86. The number of rotatable bonds is 16. The summed E-state index contributed by atoms with van der Waals surface area (Å²) in [6, 6.07) is -1.01. The summed E-state index contributed by atoms with van der Waals surface area (Å²) < 4.78 is 0. The minimum absolute atomic E-state index is 0.796. The first-order chi connectivity index (χ1) is 22.6. The maximum atomic E-state index is 5.42. The molecule has 0 aromatic rings. The average molecular weight is 1010 g/mol. The molecule has 0 unspecified atom stereocenters. The van der Waals surface area contributed by atoms with Gasteiger partial charge >= 0.3 is 0 Å². The molecule has 53 heavy (non-hydrogen) atoms. The lowest BCUT2D eigenvalue weighted by atomic mass is 10.6. The smallest absolute Gasteiger partial charge is 0.128 e. The zero-order valence-corrected chi connectivity index (χ0v) is 56.9. The van der Waals surface area contributed by atoms with E-state index in [4.69, 9.17) is 20.8 Å². The molecule has 0 rings (SSSR count). The van der Waals surface area contributed by atoms with Crippen molar-refractivity contribution in [3.05, 3.63) is 0 Å². The first-order valence-corrected chi connectivity index (χ1v) is 66.4. The highest BCUT2D eigenvalue weighted by atomic mass is 79.9. The Labute approximate surface area is 359 Å². The predicted octanol–water partition coefficient (Wildman–Crippen LogP) is 15.7. The molecule has 0 heterocycles. The van der Waals surface area contributed by atoms with Gasteiger partial charge in [-0.05, 0) is 0 Å². The molecule has 0 fully saturated rings. The molecule has 0 aliphatic rings. The van der Waals surface area contributed by atoms with E-state index in [1.54, 1.807) is 0 Å². The van der Waals surface area contributed by atoms with Gasteiger partial charge in [-0.25, -0.2) is 0 Å². The Balaban J connectivity index is 10.8. The van der Waals surface area contributed by atoms with E-state index in [2.05, 4.69) is 210 Å². The van der Waals surface area contributed by atoms with Crippen LogP contribution in [0.4, 0.5) is 0 Å². The van der Waals surface area contributed by atoms with Crippen molar-refractivity contribution >= 4 is 117 Å². The molecule has 0 saturated heterocycles. The van der Waals surface area contributed by atoms with Crippen LogP contribution in [0, 0.1) is 11.1 Å². The van der Waals surface area contributed by atoms with E-state index in [9.17, 15) is 0 Å². The van der Waals surface area contributed by atoms with Crippen molar-refractivity contribution in [3.63, 3.8) is 0 Å². The molecule has 0 spiro atoms. The molecule has 0 saturated carbocycles. The van der Waals surface area contributed by atoms with Crippen molar-refractivity contribution in [2.75, 3.05) is 0 Å². The maximum absolute atomic E-state index is 5.42. The second kappa shape index (κ2) is 17.7. The maximum Gasteiger partial charge on any atom is 0.128 e. The van der Waals surface area contributed by atoms with Crippen molar-refractivity contribution in [2.24, 2.45) is 0 Å². The first-order valence-electron chi connectivity index (χ1n) is 21.5. The molecule has 314 valence electrons. The summed E-state index contributed by atoms with van der Waals surface area (Å²) in [4.78, 5) is 4.03. The van der Waals surface area contributed by atoms with Crippen LogP contribution in [0.1, 0.15) is 27.7 Å². The molecule has 0 bridgehead atoms. The van der Waals surface area contributed by atoms with E-state index >= 15 is 0 Å². The van der Waals surface area contributed by atoms with Crippen LogP contribution in [0.3, 0.4) is 0 Å². The summed E-state index contributed by atoms with van der Waals surface area (Å²) in [5.41, 5.74) is 10.9. The van der Waals surface area contributed by atoms with E-state index in [1.807, 2.05) is 0 Å². The summed E-state index contributed by atoms with van der Waals surface area (Å²) in [6.07, 6.45) is 0. The Morgan fingerprint density at radius 3 is 0.679 bits per heavy atom. The van der Waals surface area contributed by atoms with E-state index < -0.39 is 101 Å². The Morgan fingerprint density at radius 2 is 0.528 bits per heavy atom. The van der Waals surface area contributed by atoms with Crippen LogP contribution in [-0.4, -0.2) is 101 Å². The molecule has 0 nitrogen and oxygen atoms in total. The summed E-state index contributed by atoms with van der Waals surface area (Å²) in [5.74, 6) is 0. The second-order valence-electron chi connectivity index (χ2n) is 28.0. The third kappa shape index (κ3) is 12.9. The van der Waals surface area contributed by atoms with Gasteiger partial charge in [0.15, 0.2) is 0 Å². The number of halogens is 1. The van der Waals surface area contributed by atoms with Gasteiger partial charge in [-0.3, -0.25) is 0 Å². The van der Waals surface area contributed by atoms with Crippen LogP contribution in [-0.2, 0) is 0 Å². The lowest BCUT2D eigenvalue weighted by Gasteiger charge is -2.65. The van der Waals surface area contributed by atoms with Crippen molar-refractivity contribution in [2.45, 2.75) is 235 Å². The Bertz CT molecular complexity index is 1210. The van der Waals surface area contributed by atoms with Crippen LogP contribution in [0.15, 0.2) is 0 Å². The fourth-order valence-corrected chi connectivity index (χ4v) is 246. The fraction of sp³-hybridized carbons (Fsp3) is 0.949. The van der Waals surface area contributed by atoms with Crippen LogP contribution in [0.2, 0.25) is 207 Å².